The third-order valence-corrected chi connectivity index (χ3v) is 3.63. The van der Waals surface area contributed by atoms with Crippen molar-refractivity contribution in [1.29, 1.82) is 0 Å². The van der Waals surface area contributed by atoms with E-state index in [-0.39, 0.29) is 5.91 Å². The fraction of sp³-hybridized carbons (Fsp3) is 0.316. The standard InChI is InChI=1S/C19H24N2O/c1-2-20-14-15-21-19(22)18-11-7-6-10-17(18)13-12-16-8-4-3-5-9-16/h3-11,20H,2,12-15H2,1H3,(H,21,22). The van der Waals surface area contributed by atoms with Gasteiger partial charge in [0.25, 0.3) is 5.91 Å². The lowest BCUT2D eigenvalue weighted by atomic mass is 9.99. The van der Waals surface area contributed by atoms with Gasteiger partial charge in [0.1, 0.15) is 0 Å². The van der Waals surface area contributed by atoms with E-state index in [0.717, 1.165) is 37.1 Å². The molecule has 2 rings (SSSR count). The van der Waals surface area contributed by atoms with Crippen molar-refractivity contribution in [3.05, 3.63) is 71.3 Å². The van der Waals surface area contributed by atoms with Crippen LogP contribution >= 0.6 is 0 Å². The molecule has 0 aliphatic rings. The Hall–Kier alpha value is -2.13. The Bertz CT molecular complexity index is 581. The lowest BCUT2D eigenvalue weighted by molar-refractivity contribution is 0.0953. The molecule has 0 fully saturated rings. The fourth-order valence-corrected chi connectivity index (χ4v) is 2.42. The zero-order valence-corrected chi connectivity index (χ0v) is 13.1. The molecule has 0 atom stereocenters. The lowest BCUT2D eigenvalue weighted by Gasteiger charge is -2.10. The van der Waals surface area contributed by atoms with E-state index in [9.17, 15) is 4.79 Å². The van der Waals surface area contributed by atoms with Gasteiger partial charge in [-0.25, -0.2) is 0 Å². The van der Waals surface area contributed by atoms with Gasteiger partial charge in [-0.3, -0.25) is 4.79 Å². The van der Waals surface area contributed by atoms with Gasteiger partial charge in [0, 0.05) is 18.7 Å². The second-order valence-electron chi connectivity index (χ2n) is 5.25. The highest BCUT2D eigenvalue weighted by Crippen LogP contribution is 2.12. The second-order valence-corrected chi connectivity index (χ2v) is 5.25. The summed E-state index contributed by atoms with van der Waals surface area (Å²) in [7, 11) is 0. The van der Waals surface area contributed by atoms with Crippen LogP contribution in [-0.2, 0) is 12.8 Å². The Balaban J connectivity index is 1.95. The van der Waals surface area contributed by atoms with Crippen LogP contribution in [0.1, 0.15) is 28.4 Å². The van der Waals surface area contributed by atoms with Crippen molar-refractivity contribution in [3.8, 4) is 0 Å². The summed E-state index contributed by atoms with van der Waals surface area (Å²) in [5.74, 6) is 0.0153. The molecule has 0 aliphatic heterocycles. The van der Waals surface area contributed by atoms with Crippen LogP contribution in [0.5, 0.6) is 0 Å². The normalized spacial score (nSPS) is 10.4. The van der Waals surface area contributed by atoms with Crippen molar-refractivity contribution in [1.82, 2.24) is 10.6 Å². The van der Waals surface area contributed by atoms with Crippen LogP contribution in [0.15, 0.2) is 54.6 Å². The van der Waals surface area contributed by atoms with Gasteiger partial charge < -0.3 is 10.6 Å². The lowest BCUT2D eigenvalue weighted by Crippen LogP contribution is -2.32. The van der Waals surface area contributed by atoms with E-state index in [0.29, 0.717) is 6.54 Å². The first-order valence-corrected chi connectivity index (χ1v) is 7.92. The SMILES string of the molecule is CCNCCNC(=O)c1ccccc1CCc1ccccc1. The van der Waals surface area contributed by atoms with Crippen molar-refractivity contribution in [3.63, 3.8) is 0 Å². The predicted octanol–water partition coefficient (Wildman–Crippen LogP) is 2.81. The summed E-state index contributed by atoms with van der Waals surface area (Å²) in [5, 5.41) is 6.17. The van der Waals surface area contributed by atoms with Gasteiger partial charge in [-0.15, -0.1) is 0 Å². The zero-order chi connectivity index (χ0) is 15.6. The van der Waals surface area contributed by atoms with E-state index in [4.69, 9.17) is 0 Å². The van der Waals surface area contributed by atoms with Gasteiger partial charge in [0.2, 0.25) is 0 Å². The first-order chi connectivity index (χ1) is 10.8. The molecule has 3 heteroatoms. The summed E-state index contributed by atoms with van der Waals surface area (Å²) in [6, 6.07) is 18.2. The van der Waals surface area contributed by atoms with Crippen molar-refractivity contribution in [2.75, 3.05) is 19.6 Å². The smallest absolute Gasteiger partial charge is 0.251 e. The maximum Gasteiger partial charge on any atom is 0.251 e. The van der Waals surface area contributed by atoms with Crippen molar-refractivity contribution < 1.29 is 4.79 Å². The van der Waals surface area contributed by atoms with Gasteiger partial charge >= 0.3 is 0 Å². The quantitative estimate of drug-likeness (QED) is 0.736. The third-order valence-electron chi connectivity index (χ3n) is 3.63. The first-order valence-electron chi connectivity index (χ1n) is 7.92. The second kappa shape index (κ2) is 9.00. The molecule has 2 aromatic carbocycles. The number of likely N-dealkylation sites (N-methyl/N-ethyl adjacent to an activating group) is 1. The topological polar surface area (TPSA) is 41.1 Å². The van der Waals surface area contributed by atoms with E-state index >= 15 is 0 Å². The largest absolute Gasteiger partial charge is 0.351 e. The average Bonchev–Trinajstić information content (AvgIpc) is 2.58. The van der Waals surface area contributed by atoms with Crippen LogP contribution < -0.4 is 10.6 Å². The molecule has 22 heavy (non-hydrogen) atoms. The average molecular weight is 296 g/mol. The highest BCUT2D eigenvalue weighted by molar-refractivity contribution is 5.95. The summed E-state index contributed by atoms with van der Waals surface area (Å²) >= 11 is 0. The van der Waals surface area contributed by atoms with Gasteiger partial charge in [-0.05, 0) is 36.6 Å². The van der Waals surface area contributed by atoms with Crippen LogP contribution in [-0.4, -0.2) is 25.5 Å². The van der Waals surface area contributed by atoms with Crippen LogP contribution in [0, 0.1) is 0 Å². The van der Waals surface area contributed by atoms with E-state index in [1.165, 1.54) is 5.56 Å². The minimum Gasteiger partial charge on any atom is -0.351 e. The number of hydrogen-bond acceptors (Lipinski definition) is 2. The number of aryl methyl sites for hydroxylation is 2. The number of carbonyl (C=O) groups is 1. The van der Waals surface area contributed by atoms with E-state index < -0.39 is 0 Å². The van der Waals surface area contributed by atoms with E-state index in [2.05, 4.69) is 41.8 Å². The van der Waals surface area contributed by atoms with Crippen LogP contribution in [0.3, 0.4) is 0 Å². The van der Waals surface area contributed by atoms with E-state index in [1.807, 2.05) is 30.3 Å². The molecule has 0 aliphatic carbocycles. The molecule has 0 saturated carbocycles. The molecule has 0 bridgehead atoms. The molecule has 0 heterocycles. The number of amides is 1. The molecule has 0 aromatic heterocycles. The van der Waals surface area contributed by atoms with Crippen molar-refractivity contribution in [2.45, 2.75) is 19.8 Å². The molecule has 0 spiro atoms. The molecule has 1 amide bonds. The molecule has 0 saturated heterocycles. The first kappa shape index (κ1) is 16.2. The number of benzene rings is 2. The Morgan fingerprint density at radius 1 is 0.909 bits per heavy atom. The Morgan fingerprint density at radius 3 is 2.41 bits per heavy atom. The summed E-state index contributed by atoms with van der Waals surface area (Å²) in [6.07, 6.45) is 1.82. The minimum absolute atomic E-state index is 0.0153. The highest BCUT2D eigenvalue weighted by atomic mass is 16.1. The van der Waals surface area contributed by atoms with Crippen molar-refractivity contribution in [2.24, 2.45) is 0 Å². The maximum atomic E-state index is 12.3. The minimum atomic E-state index is 0.0153. The third kappa shape index (κ3) is 5.01. The highest BCUT2D eigenvalue weighted by Gasteiger charge is 2.10. The van der Waals surface area contributed by atoms with E-state index in [1.54, 1.807) is 0 Å². The van der Waals surface area contributed by atoms with Gasteiger partial charge in [-0.2, -0.15) is 0 Å². The Kier molecular flexibility index (Phi) is 6.65. The molecule has 0 unspecified atom stereocenters. The van der Waals surface area contributed by atoms with Gasteiger partial charge in [0.15, 0.2) is 0 Å². The van der Waals surface area contributed by atoms with Crippen LogP contribution in [0.25, 0.3) is 0 Å². The molecule has 0 radical (unpaired) electrons. The molecule has 2 N–H and O–H groups in total. The molecule has 2 aromatic rings. The Morgan fingerprint density at radius 2 is 1.64 bits per heavy atom. The summed E-state index contributed by atoms with van der Waals surface area (Å²) in [4.78, 5) is 12.3. The molecule has 116 valence electrons. The summed E-state index contributed by atoms with van der Waals surface area (Å²) in [5.41, 5.74) is 3.19. The predicted molar refractivity (Wildman–Crippen MR) is 91.2 cm³/mol. The number of rotatable bonds is 8. The monoisotopic (exact) mass is 296 g/mol. The molecular formula is C19H24N2O. The summed E-state index contributed by atoms with van der Waals surface area (Å²) in [6.45, 7) is 4.43. The van der Waals surface area contributed by atoms with Crippen LogP contribution in [0.4, 0.5) is 0 Å². The fourth-order valence-electron chi connectivity index (χ4n) is 2.42. The summed E-state index contributed by atoms with van der Waals surface area (Å²) < 4.78 is 0. The zero-order valence-electron chi connectivity index (χ0n) is 13.1. The van der Waals surface area contributed by atoms with Crippen molar-refractivity contribution >= 4 is 5.91 Å². The number of nitrogens with one attached hydrogen (secondary N) is 2. The molecule has 3 nitrogen and oxygen atoms in total. The maximum absolute atomic E-state index is 12.3. The number of carbonyl (C=O) groups excluding carboxylic acids is 1. The van der Waals surface area contributed by atoms with Gasteiger partial charge in [-0.1, -0.05) is 55.5 Å². The van der Waals surface area contributed by atoms with Gasteiger partial charge in [0.05, 0.1) is 0 Å². The van der Waals surface area contributed by atoms with Crippen LogP contribution in [0.2, 0.25) is 0 Å². The Labute approximate surface area is 132 Å². The molecular weight excluding hydrogens is 272 g/mol. The number of hydrogen-bond donors (Lipinski definition) is 2.